The second-order valence-corrected chi connectivity index (χ2v) is 7.38. The van der Waals surface area contributed by atoms with Gasteiger partial charge in [-0.3, -0.25) is 4.79 Å². The highest BCUT2D eigenvalue weighted by molar-refractivity contribution is 6.42. The van der Waals surface area contributed by atoms with E-state index >= 15 is 0 Å². The van der Waals surface area contributed by atoms with E-state index in [4.69, 9.17) is 34.8 Å². The third-order valence-corrected chi connectivity index (χ3v) is 5.48. The molecule has 0 saturated carbocycles. The Balaban J connectivity index is 1.39. The minimum Gasteiger partial charge on any atom is -0.352 e. The number of halogens is 3. The van der Waals surface area contributed by atoms with Gasteiger partial charge in [0.15, 0.2) is 5.65 Å². The van der Waals surface area contributed by atoms with Gasteiger partial charge in [-0.2, -0.15) is 4.52 Å². The van der Waals surface area contributed by atoms with Crippen LogP contribution in [0.15, 0.2) is 30.3 Å². The van der Waals surface area contributed by atoms with Gasteiger partial charge < -0.3 is 9.80 Å². The lowest BCUT2D eigenvalue weighted by atomic mass is 10.1. The first-order valence-electron chi connectivity index (χ1n) is 8.36. The first kappa shape index (κ1) is 18.3. The van der Waals surface area contributed by atoms with E-state index < -0.39 is 0 Å². The van der Waals surface area contributed by atoms with Crippen molar-refractivity contribution in [3.8, 4) is 0 Å². The number of anilines is 1. The van der Waals surface area contributed by atoms with E-state index in [0.29, 0.717) is 48.3 Å². The molecule has 1 aliphatic rings. The second-order valence-electron chi connectivity index (χ2n) is 6.22. The van der Waals surface area contributed by atoms with Gasteiger partial charge in [0.2, 0.25) is 11.2 Å². The highest BCUT2D eigenvalue weighted by atomic mass is 35.5. The molecule has 0 radical (unpaired) electrons. The zero-order valence-electron chi connectivity index (χ0n) is 14.1. The van der Waals surface area contributed by atoms with Crippen molar-refractivity contribution in [2.24, 2.45) is 0 Å². The van der Waals surface area contributed by atoms with Crippen LogP contribution in [0.3, 0.4) is 0 Å². The van der Waals surface area contributed by atoms with E-state index in [1.165, 1.54) is 4.52 Å². The average Bonchev–Trinajstić information content (AvgIpc) is 3.05. The number of carbonyl (C=O) groups excluding carboxylic acids is 1. The quantitative estimate of drug-likeness (QED) is 0.645. The molecule has 1 aromatic carbocycles. The van der Waals surface area contributed by atoms with E-state index in [1.807, 2.05) is 23.1 Å². The van der Waals surface area contributed by atoms with Crippen molar-refractivity contribution in [3.63, 3.8) is 0 Å². The number of benzene rings is 1. The normalized spacial score (nSPS) is 14.8. The Morgan fingerprint density at radius 1 is 0.963 bits per heavy atom. The Morgan fingerprint density at radius 2 is 1.74 bits per heavy atom. The summed E-state index contributed by atoms with van der Waals surface area (Å²) in [5, 5.41) is 13.4. The molecule has 1 saturated heterocycles. The van der Waals surface area contributed by atoms with Gasteiger partial charge in [-0.25, -0.2) is 0 Å². The summed E-state index contributed by atoms with van der Waals surface area (Å²) in [5.74, 6) is 0.846. The van der Waals surface area contributed by atoms with Crippen LogP contribution < -0.4 is 4.90 Å². The third kappa shape index (κ3) is 3.81. The van der Waals surface area contributed by atoms with Crippen LogP contribution in [0.5, 0.6) is 0 Å². The van der Waals surface area contributed by atoms with Crippen LogP contribution in [0.1, 0.15) is 5.56 Å². The molecule has 0 N–H and O–H groups in total. The van der Waals surface area contributed by atoms with Gasteiger partial charge >= 0.3 is 0 Å². The SMILES string of the molecule is O=C(Cc1ccc(Cl)c(Cl)c1)N1CCN(c2ccc3nnc(Cl)n3n2)CC1. The molecule has 1 aliphatic heterocycles. The van der Waals surface area contributed by atoms with Crippen molar-refractivity contribution >= 4 is 52.2 Å². The lowest BCUT2D eigenvalue weighted by Gasteiger charge is -2.35. The standard InChI is InChI=1S/C17H15Cl3N6O/c18-12-2-1-11(9-13(12)19)10-16(27)25-7-5-24(6-8-25)15-4-3-14-21-22-17(20)26(14)23-15/h1-4,9H,5-8,10H2. The first-order valence-corrected chi connectivity index (χ1v) is 9.49. The number of rotatable bonds is 3. The Bertz CT molecular complexity index is 999. The molecule has 1 amide bonds. The number of nitrogens with zero attached hydrogens (tertiary/aromatic N) is 6. The zero-order chi connectivity index (χ0) is 19.0. The number of fused-ring (bicyclic) bond motifs is 1. The van der Waals surface area contributed by atoms with Crippen molar-refractivity contribution in [2.75, 3.05) is 31.1 Å². The van der Waals surface area contributed by atoms with Gasteiger partial charge in [0.1, 0.15) is 5.82 Å². The van der Waals surface area contributed by atoms with Gasteiger partial charge in [-0.15, -0.1) is 15.3 Å². The van der Waals surface area contributed by atoms with Crippen LogP contribution in [0.4, 0.5) is 5.82 Å². The average molecular weight is 426 g/mol. The number of hydrogen-bond donors (Lipinski definition) is 0. The van der Waals surface area contributed by atoms with Gasteiger partial charge in [-0.1, -0.05) is 29.3 Å². The Labute approximate surface area is 170 Å². The summed E-state index contributed by atoms with van der Waals surface area (Å²) >= 11 is 17.9. The minimum atomic E-state index is 0.0679. The summed E-state index contributed by atoms with van der Waals surface area (Å²) in [7, 11) is 0. The molecule has 0 bridgehead atoms. The van der Waals surface area contributed by atoms with Crippen molar-refractivity contribution in [1.82, 2.24) is 24.7 Å². The van der Waals surface area contributed by atoms with E-state index in [0.717, 1.165) is 11.4 Å². The molecule has 7 nitrogen and oxygen atoms in total. The van der Waals surface area contributed by atoms with Crippen molar-refractivity contribution in [3.05, 3.63) is 51.2 Å². The minimum absolute atomic E-state index is 0.0679. The molecule has 0 unspecified atom stereocenters. The molecule has 10 heteroatoms. The van der Waals surface area contributed by atoms with Crippen LogP contribution >= 0.6 is 34.8 Å². The fourth-order valence-corrected chi connectivity index (χ4v) is 3.53. The van der Waals surface area contributed by atoms with Gasteiger partial charge in [-0.05, 0) is 41.4 Å². The van der Waals surface area contributed by atoms with Gasteiger partial charge in [0, 0.05) is 26.2 Å². The van der Waals surface area contributed by atoms with E-state index in [-0.39, 0.29) is 11.2 Å². The molecule has 140 valence electrons. The second kappa shape index (κ2) is 7.50. The summed E-state index contributed by atoms with van der Waals surface area (Å²) in [4.78, 5) is 16.5. The fraction of sp³-hybridized carbons (Fsp3) is 0.294. The highest BCUT2D eigenvalue weighted by Crippen LogP contribution is 2.23. The first-order chi connectivity index (χ1) is 13.0. The smallest absolute Gasteiger partial charge is 0.246 e. The van der Waals surface area contributed by atoms with Crippen LogP contribution in [0.25, 0.3) is 5.65 Å². The van der Waals surface area contributed by atoms with E-state index in [2.05, 4.69) is 20.2 Å². The molecule has 3 heterocycles. The number of aromatic nitrogens is 4. The largest absolute Gasteiger partial charge is 0.352 e. The summed E-state index contributed by atoms with van der Waals surface area (Å²) in [6, 6.07) is 8.98. The summed E-state index contributed by atoms with van der Waals surface area (Å²) < 4.78 is 1.50. The Kier molecular flexibility index (Phi) is 5.08. The highest BCUT2D eigenvalue weighted by Gasteiger charge is 2.22. The maximum atomic E-state index is 12.6. The molecule has 0 aliphatic carbocycles. The van der Waals surface area contributed by atoms with Crippen molar-refractivity contribution < 1.29 is 4.79 Å². The third-order valence-electron chi connectivity index (χ3n) is 4.51. The van der Waals surface area contributed by atoms with E-state index in [9.17, 15) is 4.79 Å². The molecular weight excluding hydrogens is 411 g/mol. The number of hydrogen-bond acceptors (Lipinski definition) is 5. The molecule has 0 spiro atoms. The summed E-state index contributed by atoms with van der Waals surface area (Å²) in [5.41, 5.74) is 1.45. The fourth-order valence-electron chi connectivity index (χ4n) is 3.04. The van der Waals surface area contributed by atoms with Gasteiger partial charge in [0.25, 0.3) is 0 Å². The number of amides is 1. The number of piperazine rings is 1. The lowest BCUT2D eigenvalue weighted by Crippen LogP contribution is -2.49. The monoisotopic (exact) mass is 424 g/mol. The Morgan fingerprint density at radius 3 is 2.48 bits per heavy atom. The molecule has 2 aromatic heterocycles. The van der Waals surface area contributed by atoms with Crippen LogP contribution in [0, 0.1) is 0 Å². The van der Waals surface area contributed by atoms with Crippen LogP contribution in [-0.2, 0) is 11.2 Å². The summed E-state index contributed by atoms with van der Waals surface area (Å²) in [6.07, 6.45) is 0.303. The molecule has 4 rings (SSSR count). The molecule has 1 fully saturated rings. The van der Waals surface area contributed by atoms with E-state index in [1.54, 1.807) is 12.1 Å². The topological polar surface area (TPSA) is 66.6 Å². The lowest BCUT2D eigenvalue weighted by molar-refractivity contribution is -0.130. The predicted molar refractivity (Wildman–Crippen MR) is 105 cm³/mol. The Hall–Kier alpha value is -2.09. The number of carbonyl (C=O) groups is 1. The molecule has 3 aromatic rings. The van der Waals surface area contributed by atoms with Crippen LogP contribution in [-0.4, -0.2) is 56.8 Å². The zero-order valence-corrected chi connectivity index (χ0v) is 16.4. The molecular formula is C17H15Cl3N6O. The molecule has 0 atom stereocenters. The predicted octanol–water partition coefficient (Wildman–Crippen LogP) is 2.98. The maximum Gasteiger partial charge on any atom is 0.246 e. The maximum absolute atomic E-state index is 12.6. The van der Waals surface area contributed by atoms with Crippen molar-refractivity contribution in [1.29, 1.82) is 0 Å². The summed E-state index contributed by atoms with van der Waals surface area (Å²) in [6.45, 7) is 2.61. The van der Waals surface area contributed by atoms with Crippen LogP contribution in [0.2, 0.25) is 15.3 Å². The molecule has 27 heavy (non-hydrogen) atoms. The van der Waals surface area contributed by atoms with Gasteiger partial charge in [0.05, 0.1) is 16.5 Å². The van der Waals surface area contributed by atoms with Crippen molar-refractivity contribution in [2.45, 2.75) is 6.42 Å².